The number of nitrogens with one attached hydrogen (secondary N) is 1. The van der Waals surface area contributed by atoms with Crippen LogP contribution in [0.4, 0.5) is 5.69 Å². The number of carboxylic acid groups (broad SMARTS) is 1. The maximum atomic E-state index is 12.6. The third-order valence-electron chi connectivity index (χ3n) is 3.30. The van der Waals surface area contributed by atoms with Crippen molar-refractivity contribution in [2.75, 3.05) is 5.32 Å². The molecule has 0 aliphatic heterocycles. The van der Waals surface area contributed by atoms with E-state index in [0.29, 0.717) is 5.69 Å². The standard InChI is InChI=1S/C16H11Cl4NO3/c1-2-7-4-3-5-8(6-7)21-15(22)9-10(16(23)24)12(18)14(20)13(19)11(9)17/h3-6H,2H2,1H3,(H,21,22)(H,23,24). The van der Waals surface area contributed by atoms with Crippen LogP contribution >= 0.6 is 46.4 Å². The first-order chi connectivity index (χ1) is 11.3. The minimum atomic E-state index is -1.44. The van der Waals surface area contributed by atoms with Crippen LogP contribution in [0.3, 0.4) is 0 Å². The minimum Gasteiger partial charge on any atom is -0.478 e. The molecule has 2 aromatic carbocycles. The first-order valence-corrected chi connectivity index (χ1v) is 8.28. The smallest absolute Gasteiger partial charge is 0.338 e. The van der Waals surface area contributed by atoms with Crippen molar-refractivity contribution < 1.29 is 14.7 Å². The van der Waals surface area contributed by atoms with Gasteiger partial charge in [-0.1, -0.05) is 65.5 Å². The number of benzene rings is 2. The lowest BCUT2D eigenvalue weighted by Crippen LogP contribution is -2.18. The summed E-state index contributed by atoms with van der Waals surface area (Å²) in [6, 6.07) is 7.12. The first kappa shape index (κ1) is 18.9. The second kappa shape index (κ2) is 7.62. The zero-order valence-electron chi connectivity index (χ0n) is 12.3. The normalized spacial score (nSPS) is 10.5. The van der Waals surface area contributed by atoms with Crippen LogP contribution in [0.15, 0.2) is 24.3 Å². The van der Waals surface area contributed by atoms with Crippen LogP contribution in [0.5, 0.6) is 0 Å². The lowest BCUT2D eigenvalue weighted by Gasteiger charge is -2.14. The van der Waals surface area contributed by atoms with Crippen LogP contribution in [0, 0.1) is 0 Å². The molecule has 0 spiro atoms. The maximum absolute atomic E-state index is 12.6. The van der Waals surface area contributed by atoms with Crippen LogP contribution in [0.25, 0.3) is 0 Å². The lowest BCUT2D eigenvalue weighted by molar-refractivity contribution is 0.0692. The molecule has 0 aromatic heterocycles. The van der Waals surface area contributed by atoms with Gasteiger partial charge in [-0.15, -0.1) is 0 Å². The van der Waals surface area contributed by atoms with Gasteiger partial charge in [0.2, 0.25) is 0 Å². The van der Waals surface area contributed by atoms with E-state index >= 15 is 0 Å². The van der Waals surface area contributed by atoms with E-state index in [-0.39, 0.29) is 25.7 Å². The number of carbonyl (C=O) groups excluding carboxylic acids is 1. The number of halogens is 4. The Kier molecular flexibility index (Phi) is 5.99. The van der Waals surface area contributed by atoms with Gasteiger partial charge in [0.1, 0.15) is 0 Å². The molecular formula is C16H11Cl4NO3. The predicted molar refractivity (Wildman–Crippen MR) is 97.2 cm³/mol. The zero-order valence-corrected chi connectivity index (χ0v) is 15.3. The molecule has 0 saturated heterocycles. The van der Waals surface area contributed by atoms with Gasteiger partial charge in [-0.2, -0.15) is 0 Å². The molecule has 0 atom stereocenters. The summed E-state index contributed by atoms with van der Waals surface area (Å²) in [5.41, 5.74) is 0.657. The Balaban J connectivity index is 2.54. The van der Waals surface area contributed by atoms with Gasteiger partial charge in [0.25, 0.3) is 5.91 Å². The van der Waals surface area contributed by atoms with Crippen molar-refractivity contribution in [3.63, 3.8) is 0 Å². The van der Waals surface area contributed by atoms with E-state index < -0.39 is 17.4 Å². The van der Waals surface area contributed by atoms with Gasteiger partial charge in [0, 0.05) is 5.69 Å². The number of hydrogen-bond acceptors (Lipinski definition) is 2. The van der Waals surface area contributed by atoms with Crippen molar-refractivity contribution in [2.24, 2.45) is 0 Å². The Morgan fingerprint density at radius 1 is 1.00 bits per heavy atom. The van der Waals surface area contributed by atoms with E-state index in [2.05, 4.69) is 5.32 Å². The fourth-order valence-electron chi connectivity index (χ4n) is 2.11. The average molecular weight is 407 g/mol. The van der Waals surface area contributed by atoms with E-state index in [9.17, 15) is 14.7 Å². The Hall–Kier alpha value is -1.46. The molecule has 8 heteroatoms. The number of carbonyl (C=O) groups is 2. The molecule has 0 heterocycles. The van der Waals surface area contributed by atoms with Gasteiger partial charge >= 0.3 is 5.97 Å². The summed E-state index contributed by atoms with van der Waals surface area (Å²) in [6.07, 6.45) is 0.781. The molecule has 0 bridgehead atoms. The number of anilines is 1. The molecule has 0 aliphatic rings. The van der Waals surface area contributed by atoms with Crippen molar-refractivity contribution in [3.05, 3.63) is 61.0 Å². The van der Waals surface area contributed by atoms with Crippen LogP contribution in [-0.4, -0.2) is 17.0 Å². The Labute approximate surface area is 158 Å². The summed E-state index contributed by atoms with van der Waals surface area (Å²) in [7, 11) is 0. The summed E-state index contributed by atoms with van der Waals surface area (Å²) in [5, 5.41) is 10.9. The van der Waals surface area contributed by atoms with Gasteiger partial charge in [0.05, 0.1) is 31.2 Å². The third-order valence-corrected chi connectivity index (χ3v) is 5.10. The van der Waals surface area contributed by atoms with Gasteiger partial charge in [-0.05, 0) is 24.1 Å². The molecule has 1 amide bonds. The van der Waals surface area contributed by atoms with Crippen molar-refractivity contribution in [2.45, 2.75) is 13.3 Å². The van der Waals surface area contributed by atoms with E-state index in [1.165, 1.54) is 0 Å². The zero-order chi connectivity index (χ0) is 18.0. The molecule has 2 N–H and O–H groups in total. The van der Waals surface area contributed by atoms with Gasteiger partial charge in [-0.25, -0.2) is 4.79 Å². The van der Waals surface area contributed by atoms with E-state index in [0.717, 1.165) is 12.0 Å². The Morgan fingerprint density at radius 2 is 1.58 bits per heavy atom. The highest BCUT2D eigenvalue weighted by molar-refractivity contribution is 6.54. The molecule has 0 aliphatic carbocycles. The molecule has 2 aromatic rings. The van der Waals surface area contributed by atoms with Crippen molar-refractivity contribution in [3.8, 4) is 0 Å². The molecule has 0 unspecified atom stereocenters. The monoisotopic (exact) mass is 405 g/mol. The Bertz CT molecular complexity index is 837. The second-order valence-electron chi connectivity index (χ2n) is 4.82. The number of rotatable bonds is 4. The molecule has 126 valence electrons. The van der Waals surface area contributed by atoms with E-state index in [1.807, 2.05) is 13.0 Å². The van der Waals surface area contributed by atoms with Crippen LogP contribution in [0.1, 0.15) is 33.2 Å². The summed E-state index contributed by atoms with van der Waals surface area (Å²) < 4.78 is 0. The second-order valence-corrected chi connectivity index (χ2v) is 6.33. The molecular weight excluding hydrogens is 396 g/mol. The molecule has 0 radical (unpaired) electrons. The fraction of sp³-hybridized carbons (Fsp3) is 0.125. The summed E-state index contributed by atoms with van der Waals surface area (Å²) in [5.74, 6) is -2.18. The van der Waals surface area contributed by atoms with Crippen LogP contribution < -0.4 is 5.32 Å². The van der Waals surface area contributed by atoms with Gasteiger partial charge in [-0.3, -0.25) is 4.79 Å². The molecule has 0 fully saturated rings. The van der Waals surface area contributed by atoms with Crippen molar-refractivity contribution in [1.29, 1.82) is 0 Å². The van der Waals surface area contributed by atoms with Gasteiger partial charge < -0.3 is 10.4 Å². The van der Waals surface area contributed by atoms with E-state index in [4.69, 9.17) is 46.4 Å². The number of aryl methyl sites for hydroxylation is 1. The molecule has 0 saturated carbocycles. The predicted octanol–water partition coefficient (Wildman–Crippen LogP) is 5.81. The minimum absolute atomic E-state index is 0.180. The average Bonchev–Trinajstić information content (AvgIpc) is 2.55. The Morgan fingerprint density at radius 3 is 2.12 bits per heavy atom. The number of hydrogen-bond donors (Lipinski definition) is 2. The van der Waals surface area contributed by atoms with Crippen LogP contribution in [-0.2, 0) is 6.42 Å². The molecule has 24 heavy (non-hydrogen) atoms. The summed E-state index contributed by atoms with van der Waals surface area (Å²) >= 11 is 23.8. The first-order valence-electron chi connectivity index (χ1n) is 6.77. The highest BCUT2D eigenvalue weighted by atomic mass is 35.5. The number of carboxylic acids is 1. The summed E-state index contributed by atoms with van der Waals surface area (Å²) in [6.45, 7) is 1.97. The van der Waals surface area contributed by atoms with Gasteiger partial charge in [0.15, 0.2) is 0 Å². The van der Waals surface area contributed by atoms with E-state index in [1.54, 1.807) is 18.2 Å². The highest BCUT2D eigenvalue weighted by Crippen LogP contribution is 2.41. The van der Waals surface area contributed by atoms with Crippen LogP contribution in [0.2, 0.25) is 20.1 Å². The maximum Gasteiger partial charge on any atom is 0.338 e. The highest BCUT2D eigenvalue weighted by Gasteiger charge is 2.28. The topological polar surface area (TPSA) is 66.4 Å². The largest absolute Gasteiger partial charge is 0.478 e. The fourth-order valence-corrected chi connectivity index (χ4v) is 3.13. The number of aromatic carboxylic acids is 1. The summed E-state index contributed by atoms with van der Waals surface area (Å²) in [4.78, 5) is 24.0. The van der Waals surface area contributed by atoms with Crippen molar-refractivity contribution in [1.82, 2.24) is 0 Å². The molecule has 2 rings (SSSR count). The molecule has 4 nitrogen and oxygen atoms in total. The van der Waals surface area contributed by atoms with Crippen molar-refractivity contribution >= 4 is 64.0 Å². The lowest BCUT2D eigenvalue weighted by atomic mass is 10.1. The SMILES string of the molecule is CCc1cccc(NC(=O)c2c(Cl)c(Cl)c(Cl)c(Cl)c2C(=O)O)c1. The third kappa shape index (κ3) is 3.62. The number of amides is 1. The quantitative estimate of drug-likeness (QED) is 0.497.